The van der Waals surface area contributed by atoms with Crippen molar-refractivity contribution in [1.29, 1.82) is 0 Å². The second-order valence-corrected chi connectivity index (χ2v) is 18.7. The Kier molecular flexibility index (Phi) is 26.4. The van der Waals surface area contributed by atoms with E-state index in [0.29, 0.717) is 56.1 Å². The Morgan fingerprint density at radius 1 is 0.587 bits per heavy atom. The van der Waals surface area contributed by atoms with Crippen LogP contribution < -0.4 is 54.4 Å². The number of phenols is 2. The molecule has 75 heavy (non-hydrogen) atoms. The van der Waals surface area contributed by atoms with Gasteiger partial charge in [0.05, 0.1) is 19.3 Å². The largest absolute Gasteiger partial charge is 0.508 e. The van der Waals surface area contributed by atoms with Crippen LogP contribution in [0.5, 0.6) is 11.5 Å². The number of unbranched alkanes of at least 4 members (excludes halogenated alkanes) is 2. The van der Waals surface area contributed by atoms with E-state index in [1.165, 1.54) is 60.4 Å². The van der Waals surface area contributed by atoms with Crippen LogP contribution in [0.25, 0.3) is 0 Å². The predicted octanol–water partition coefficient (Wildman–Crippen LogP) is -3.01. The summed E-state index contributed by atoms with van der Waals surface area (Å²) in [5.41, 5.74) is 18.1. The molecule has 18 N–H and O–H groups in total. The number of carboxylic acids is 1. The molecular weight excluding hydrogens is 979 g/mol. The highest BCUT2D eigenvalue weighted by atomic mass is 16.4. The van der Waals surface area contributed by atoms with Gasteiger partial charge in [-0.05, 0) is 113 Å². The van der Waals surface area contributed by atoms with Gasteiger partial charge < -0.3 is 84.9 Å². The topological polar surface area (TPSA) is 420 Å². The quantitative estimate of drug-likeness (QED) is 0.0325. The van der Waals surface area contributed by atoms with Gasteiger partial charge in [0, 0.05) is 19.4 Å². The van der Waals surface area contributed by atoms with Crippen LogP contribution in [-0.2, 0) is 56.0 Å². The molecule has 25 heteroatoms. The lowest BCUT2D eigenvalue weighted by Gasteiger charge is -2.30. The Morgan fingerprint density at radius 2 is 1.00 bits per heavy atom. The second kappa shape index (κ2) is 31.7. The highest BCUT2D eigenvalue weighted by Gasteiger charge is 2.39. The van der Waals surface area contributed by atoms with E-state index < -0.39 is 127 Å². The van der Waals surface area contributed by atoms with Crippen LogP contribution in [-0.4, -0.2) is 171 Å². The number of phenolic OH excluding ortho intramolecular Hbond substituents is 2. The number of rotatable bonds is 32. The number of nitrogens with one attached hydrogen (secondary N) is 7. The van der Waals surface area contributed by atoms with Crippen LogP contribution in [0.3, 0.4) is 0 Å². The molecule has 0 aromatic heterocycles. The maximum absolute atomic E-state index is 14.4. The van der Waals surface area contributed by atoms with Gasteiger partial charge in [0.2, 0.25) is 47.3 Å². The molecular formula is C50H77N11O14. The zero-order valence-corrected chi connectivity index (χ0v) is 42.8. The lowest BCUT2D eigenvalue weighted by molar-refractivity contribution is -0.143. The van der Waals surface area contributed by atoms with Crippen molar-refractivity contribution >= 4 is 53.2 Å². The van der Waals surface area contributed by atoms with Crippen LogP contribution in [0, 0.1) is 5.92 Å². The minimum atomic E-state index is -1.73. The summed E-state index contributed by atoms with van der Waals surface area (Å²) in [6.45, 7) is 3.71. The van der Waals surface area contributed by atoms with Gasteiger partial charge in [-0.15, -0.1) is 0 Å². The maximum Gasteiger partial charge on any atom is 0.328 e. The highest BCUT2D eigenvalue weighted by Crippen LogP contribution is 2.20. The first-order chi connectivity index (χ1) is 35.7. The number of aromatic hydroxyl groups is 2. The summed E-state index contributed by atoms with van der Waals surface area (Å²) < 4.78 is 0. The molecule has 1 saturated heterocycles. The zero-order chi connectivity index (χ0) is 55.8. The van der Waals surface area contributed by atoms with Crippen LogP contribution in [0.2, 0.25) is 0 Å². The summed E-state index contributed by atoms with van der Waals surface area (Å²) in [7, 11) is 0. The van der Waals surface area contributed by atoms with Crippen molar-refractivity contribution in [2.45, 2.75) is 146 Å². The number of hydrogen-bond acceptors (Lipinski definition) is 16. The van der Waals surface area contributed by atoms with Gasteiger partial charge in [0.1, 0.15) is 59.8 Å². The monoisotopic (exact) mass is 1060 g/mol. The third kappa shape index (κ3) is 20.0. The molecule has 1 heterocycles. The fraction of sp³-hybridized carbons (Fsp3) is 0.580. The van der Waals surface area contributed by atoms with Crippen LogP contribution in [0.15, 0.2) is 48.5 Å². The van der Waals surface area contributed by atoms with Gasteiger partial charge in [-0.25, -0.2) is 4.79 Å². The number of hydrogen-bond donors (Lipinski definition) is 15. The fourth-order valence-electron chi connectivity index (χ4n) is 8.20. The number of aliphatic hydroxyl groups excluding tert-OH is 2. The molecule has 0 unspecified atom stereocenters. The van der Waals surface area contributed by atoms with E-state index in [1.54, 1.807) is 13.8 Å². The molecule has 1 aliphatic rings. The summed E-state index contributed by atoms with van der Waals surface area (Å²) in [6.07, 6.45) is 2.37. The van der Waals surface area contributed by atoms with Crippen molar-refractivity contribution in [3.8, 4) is 11.5 Å². The Labute approximate surface area is 435 Å². The molecule has 0 radical (unpaired) electrons. The third-order valence-electron chi connectivity index (χ3n) is 12.8. The molecule has 416 valence electrons. The average Bonchev–Trinajstić information content (AvgIpc) is 3.88. The van der Waals surface area contributed by atoms with E-state index >= 15 is 0 Å². The lowest BCUT2D eigenvalue weighted by atomic mass is 9.96. The summed E-state index contributed by atoms with van der Waals surface area (Å²) in [6, 6.07) is -0.596. The maximum atomic E-state index is 14.4. The van der Waals surface area contributed by atoms with E-state index in [4.69, 9.17) is 17.2 Å². The van der Waals surface area contributed by atoms with Gasteiger partial charge in [0.15, 0.2) is 0 Å². The standard InChI is InChI=1S/C50H77N11O14/c1-4-28(2)41(48(72)55-35(11-6-8-22-52)42(66)54-34(10-5-7-21-51)43(67)59-39(27-63)50(74)75)60-46(70)38(26-62)58-45(69)36(24-30-13-17-32(64)18-14-30)56-44(68)37(25-31-15-19-33(65)20-16-31)57-47(71)40-12-9-23-61(40)49(73)29(3)53/h13-20,28-29,34-41,62-65H,4-12,21-27,51-53H2,1-3H3,(H,54,66)(H,55,72)(H,56,68)(H,57,71)(H,58,69)(H,59,67)(H,60,70)(H,74,75)/t28-,29-,34-,35-,36-,37-,38-,39-,40-,41-/m0/s1. The molecule has 2 aromatic carbocycles. The Morgan fingerprint density at radius 3 is 1.44 bits per heavy atom. The normalized spacial score (nSPS) is 16.8. The number of aliphatic hydroxyl groups is 2. The number of carbonyl (C=O) groups excluding carboxylic acids is 8. The number of benzene rings is 2. The van der Waals surface area contributed by atoms with Gasteiger partial charge in [-0.3, -0.25) is 38.4 Å². The van der Waals surface area contributed by atoms with Gasteiger partial charge >= 0.3 is 5.97 Å². The number of nitrogens with zero attached hydrogens (tertiary/aromatic N) is 1. The van der Waals surface area contributed by atoms with E-state index in [0.717, 1.165) is 0 Å². The molecule has 10 atom stereocenters. The van der Waals surface area contributed by atoms with Crippen molar-refractivity contribution in [2.24, 2.45) is 23.1 Å². The number of carboxylic acid groups (broad SMARTS) is 1. The van der Waals surface area contributed by atoms with Crippen molar-refractivity contribution in [1.82, 2.24) is 42.1 Å². The predicted molar refractivity (Wildman–Crippen MR) is 273 cm³/mol. The average molecular weight is 1060 g/mol. The van der Waals surface area contributed by atoms with Crippen molar-refractivity contribution < 1.29 is 68.7 Å². The van der Waals surface area contributed by atoms with Crippen LogP contribution in [0.1, 0.15) is 89.7 Å². The van der Waals surface area contributed by atoms with Crippen molar-refractivity contribution in [2.75, 3.05) is 32.8 Å². The number of amides is 8. The van der Waals surface area contributed by atoms with Gasteiger partial charge in [0.25, 0.3) is 0 Å². The number of likely N-dealkylation sites (tertiary alicyclic amines) is 1. The van der Waals surface area contributed by atoms with Crippen molar-refractivity contribution in [3.63, 3.8) is 0 Å². The minimum Gasteiger partial charge on any atom is -0.508 e. The Hall–Kier alpha value is -6.93. The van der Waals surface area contributed by atoms with E-state index in [9.17, 15) is 68.7 Å². The fourth-order valence-corrected chi connectivity index (χ4v) is 8.20. The van der Waals surface area contributed by atoms with Gasteiger partial charge in [-0.1, -0.05) is 44.5 Å². The first-order valence-corrected chi connectivity index (χ1v) is 25.3. The SMILES string of the molecule is CC[C@H](C)[C@H](NC(=O)[C@H](CO)NC(=O)[C@H](Cc1ccc(O)cc1)NC(=O)[C@H](Cc1ccc(O)cc1)NC(=O)[C@@H]1CCCN1C(=O)[C@H](C)N)C(=O)N[C@@H](CCCCN)C(=O)N[C@@H](CCCCN)C(=O)N[C@@H](CO)C(=O)O. The first-order valence-electron chi connectivity index (χ1n) is 25.3. The molecule has 0 bridgehead atoms. The Balaban J connectivity index is 1.91. The number of carbonyl (C=O) groups is 9. The molecule has 25 nitrogen and oxygen atoms in total. The van der Waals surface area contributed by atoms with Gasteiger partial charge in [-0.2, -0.15) is 0 Å². The van der Waals surface area contributed by atoms with Crippen LogP contribution in [0.4, 0.5) is 0 Å². The molecule has 0 spiro atoms. The summed E-state index contributed by atoms with van der Waals surface area (Å²) >= 11 is 0. The summed E-state index contributed by atoms with van der Waals surface area (Å²) in [5.74, 6) is -8.82. The summed E-state index contributed by atoms with van der Waals surface area (Å²) in [4.78, 5) is 124. The molecule has 3 rings (SSSR count). The molecule has 1 aliphatic heterocycles. The highest BCUT2D eigenvalue weighted by molar-refractivity contribution is 5.98. The smallest absolute Gasteiger partial charge is 0.328 e. The first kappa shape index (κ1) is 62.4. The third-order valence-corrected chi connectivity index (χ3v) is 12.8. The van der Waals surface area contributed by atoms with E-state index in [2.05, 4.69) is 37.2 Å². The second-order valence-electron chi connectivity index (χ2n) is 18.7. The molecule has 1 fully saturated rings. The van der Waals surface area contributed by atoms with Crippen LogP contribution >= 0.6 is 0 Å². The summed E-state index contributed by atoms with van der Waals surface area (Å²) in [5, 5.41) is 67.1. The molecule has 8 amide bonds. The molecule has 0 aliphatic carbocycles. The molecule has 0 saturated carbocycles. The number of nitrogens with two attached hydrogens (primary N) is 3. The lowest BCUT2D eigenvalue weighted by Crippen LogP contribution is -2.62. The zero-order valence-electron chi connectivity index (χ0n) is 42.8. The van der Waals surface area contributed by atoms with E-state index in [1.807, 2.05) is 0 Å². The van der Waals surface area contributed by atoms with Crippen molar-refractivity contribution in [3.05, 3.63) is 59.7 Å². The molecule has 2 aromatic rings. The Bertz CT molecular complexity index is 2220. The van der Waals surface area contributed by atoms with E-state index in [-0.39, 0.29) is 56.8 Å². The number of aliphatic carboxylic acids is 1. The minimum absolute atomic E-state index is 0.0245.